The molecule has 3 nitrogen and oxygen atoms in total. The van der Waals surface area contributed by atoms with E-state index >= 15 is 0 Å². The van der Waals surface area contributed by atoms with E-state index in [2.05, 4.69) is 31.0 Å². The molecule has 0 aromatic heterocycles. The van der Waals surface area contributed by atoms with E-state index in [-0.39, 0.29) is 0 Å². The Morgan fingerprint density at radius 1 is 1.25 bits per heavy atom. The lowest BCUT2D eigenvalue weighted by molar-refractivity contribution is 0.0498. The molecule has 1 heterocycles. The summed E-state index contributed by atoms with van der Waals surface area (Å²) in [6.07, 6.45) is 6.34. The molecule has 0 aromatic rings. The van der Waals surface area contributed by atoms with Crippen LogP contribution in [0.1, 0.15) is 59.8 Å². The predicted octanol–water partition coefficient (Wildman–Crippen LogP) is 2.64. The summed E-state index contributed by atoms with van der Waals surface area (Å²) in [6, 6.07) is 0.563. The zero-order valence-electron chi connectivity index (χ0n) is 13.9. The molecule has 0 aromatic carbocycles. The third-order valence-electron chi connectivity index (χ3n) is 5.31. The van der Waals surface area contributed by atoms with Crippen LogP contribution < -0.4 is 5.32 Å². The van der Waals surface area contributed by atoms with Crippen molar-refractivity contribution in [3.8, 4) is 0 Å². The molecule has 2 aliphatic rings. The summed E-state index contributed by atoms with van der Waals surface area (Å²) in [7, 11) is 0. The fourth-order valence-electron chi connectivity index (χ4n) is 3.83. The van der Waals surface area contributed by atoms with Crippen LogP contribution in [0.25, 0.3) is 0 Å². The number of likely N-dealkylation sites (tertiary alicyclic amines) is 1. The second-order valence-electron chi connectivity index (χ2n) is 8.18. The highest BCUT2D eigenvalue weighted by atomic mass is 16.3. The molecule has 20 heavy (non-hydrogen) atoms. The van der Waals surface area contributed by atoms with E-state index in [1.54, 1.807) is 0 Å². The molecule has 0 bridgehead atoms. The normalized spacial score (nSPS) is 39.6. The average Bonchev–Trinajstić information content (AvgIpc) is 2.70. The molecule has 0 spiro atoms. The van der Waals surface area contributed by atoms with Crippen molar-refractivity contribution in [1.82, 2.24) is 10.2 Å². The van der Waals surface area contributed by atoms with Crippen LogP contribution >= 0.6 is 0 Å². The van der Waals surface area contributed by atoms with E-state index in [4.69, 9.17) is 0 Å². The van der Waals surface area contributed by atoms with Gasteiger partial charge in [0.25, 0.3) is 0 Å². The van der Waals surface area contributed by atoms with Gasteiger partial charge in [-0.15, -0.1) is 0 Å². The van der Waals surface area contributed by atoms with Crippen molar-refractivity contribution in [1.29, 1.82) is 0 Å². The predicted molar refractivity (Wildman–Crippen MR) is 84.9 cm³/mol. The summed E-state index contributed by atoms with van der Waals surface area (Å²) >= 11 is 0. The zero-order valence-corrected chi connectivity index (χ0v) is 13.9. The molecule has 3 heteroatoms. The summed E-state index contributed by atoms with van der Waals surface area (Å²) in [5.41, 5.74) is -0.0359. The molecule has 1 saturated carbocycles. The lowest BCUT2D eigenvalue weighted by Gasteiger charge is -2.43. The molecule has 2 N–H and O–H groups in total. The summed E-state index contributed by atoms with van der Waals surface area (Å²) in [5, 5.41) is 13.9. The molecule has 1 saturated heterocycles. The van der Waals surface area contributed by atoms with Gasteiger partial charge in [-0.3, -0.25) is 4.90 Å². The second-order valence-corrected chi connectivity index (χ2v) is 8.18. The molecule has 1 aliphatic carbocycles. The van der Waals surface area contributed by atoms with Crippen LogP contribution in [0, 0.1) is 11.3 Å². The first-order valence-electron chi connectivity index (χ1n) is 8.48. The number of aliphatic hydroxyl groups is 1. The third kappa shape index (κ3) is 4.44. The van der Waals surface area contributed by atoms with Crippen molar-refractivity contribution >= 4 is 0 Å². The minimum absolute atomic E-state index is 0.428. The van der Waals surface area contributed by atoms with E-state index in [1.807, 2.05) is 6.92 Å². The van der Waals surface area contributed by atoms with Gasteiger partial charge in [0.2, 0.25) is 0 Å². The number of rotatable bonds is 5. The highest BCUT2D eigenvalue weighted by molar-refractivity contribution is 4.94. The van der Waals surface area contributed by atoms with Gasteiger partial charge in [0.15, 0.2) is 0 Å². The van der Waals surface area contributed by atoms with E-state index < -0.39 is 5.60 Å². The minimum Gasteiger partial charge on any atom is -0.389 e. The third-order valence-corrected chi connectivity index (χ3v) is 5.31. The molecule has 1 unspecified atom stereocenters. The summed E-state index contributed by atoms with van der Waals surface area (Å²) in [4.78, 5) is 2.50. The monoisotopic (exact) mass is 282 g/mol. The van der Waals surface area contributed by atoms with Crippen LogP contribution in [0.4, 0.5) is 0 Å². The smallest absolute Gasteiger partial charge is 0.0758 e. The lowest BCUT2D eigenvalue weighted by atomic mass is 9.70. The minimum atomic E-state index is -0.464. The van der Waals surface area contributed by atoms with Gasteiger partial charge in [-0.25, -0.2) is 0 Å². The van der Waals surface area contributed by atoms with Gasteiger partial charge in [0.1, 0.15) is 0 Å². The largest absolute Gasteiger partial charge is 0.389 e. The first-order valence-corrected chi connectivity index (χ1v) is 8.48. The van der Waals surface area contributed by atoms with E-state index in [9.17, 15) is 5.11 Å². The number of hydrogen-bond acceptors (Lipinski definition) is 3. The van der Waals surface area contributed by atoms with Crippen molar-refractivity contribution < 1.29 is 5.11 Å². The van der Waals surface area contributed by atoms with Gasteiger partial charge in [-0.05, 0) is 37.5 Å². The molecule has 0 radical (unpaired) electrons. The van der Waals surface area contributed by atoms with Crippen molar-refractivity contribution in [2.24, 2.45) is 11.3 Å². The fraction of sp³-hybridized carbons (Fsp3) is 1.00. The van der Waals surface area contributed by atoms with Crippen LogP contribution in [-0.2, 0) is 0 Å². The van der Waals surface area contributed by atoms with Crippen LogP contribution in [0.2, 0.25) is 0 Å². The van der Waals surface area contributed by atoms with Gasteiger partial charge >= 0.3 is 0 Å². The maximum atomic E-state index is 10.2. The highest BCUT2D eigenvalue weighted by Gasteiger charge is 2.39. The van der Waals surface area contributed by atoms with Gasteiger partial charge in [0.05, 0.1) is 5.60 Å². The molecule has 1 aliphatic heterocycles. The summed E-state index contributed by atoms with van der Waals surface area (Å²) in [5.74, 6) is 0.892. The number of nitrogens with one attached hydrogen (secondary N) is 1. The maximum Gasteiger partial charge on any atom is 0.0758 e. The highest BCUT2D eigenvalue weighted by Crippen LogP contribution is 2.40. The van der Waals surface area contributed by atoms with Crippen molar-refractivity contribution in [3.05, 3.63) is 0 Å². The number of β-amino-alcohol motifs (C(OH)–C–C–N with tert-alkyl or cyclic N) is 1. The first-order chi connectivity index (χ1) is 9.30. The molecule has 2 fully saturated rings. The van der Waals surface area contributed by atoms with Crippen LogP contribution in [-0.4, -0.2) is 47.8 Å². The topological polar surface area (TPSA) is 35.5 Å². The summed E-state index contributed by atoms with van der Waals surface area (Å²) < 4.78 is 0. The van der Waals surface area contributed by atoms with Gasteiger partial charge in [-0.2, -0.15) is 0 Å². The first kappa shape index (κ1) is 16.3. The van der Waals surface area contributed by atoms with Crippen LogP contribution in [0.5, 0.6) is 0 Å². The second kappa shape index (κ2) is 6.33. The van der Waals surface area contributed by atoms with Crippen LogP contribution in [0.15, 0.2) is 0 Å². The molecule has 118 valence electrons. The van der Waals surface area contributed by atoms with Crippen molar-refractivity contribution in [2.75, 3.05) is 26.2 Å². The Kier molecular flexibility index (Phi) is 5.14. The van der Waals surface area contributed by atoms with E-state index in [1.165, 1.54) is 25.7 Å². The average molecular weight is 282 g/mol. The molecular formula is C17H34N2O. The number of hydrogen-bond donors (Lipinski definition) is 2. The zero-order chi connectivity index (χ0) is 14.8. The van der Waals surface area contributed by atoms with Gasteiger partial charge < -0.3 is 10.4 Å². The van der Waals surface area contributed by atoms with Gasteiger partial charge in [0, 0.05) is 32.2 Å². The quantitative estimate of drug-likeness (QED) is 0.814. The summed E-state index contributed by atoms with van der Waals surface area (Å²) in [6.45, 7) is 13.1. The van der Waals surface area contributed by atoms with Crippen LogP contribution in [0.3, 0.4) is 0 Å². The molecule has 0 amide bonds. The Bertz CT molecular complexity index is 306. The van der Waals surface area contributed by atoms with Crippen molar-refractivity contribution in [3.63, 3.8) is 0 Å². The lowest BCUT2D eigenvalue weighted by Crippen LogP contribution is -2.47. The Hall–Kier alpha value is -0.120. The van der Waals surface area contributed by atoms with Crippen molar-refractivity contribution in [2.45, 2.75) is 71.4 Å². The molecule has 1 atom stereocenters. The van der Waals surface area contributed by atoms with E-state index in [0.29, 0.717) is 11.5 Å². The Labute approximate surface area is 125 Å². The SMILES string of the molecule is CC1CCC(CNC(C)C)(CN2CCC(C)(O)C2)CC1. The Morgan fingerprint density at radius 3 is 2.40 bits per heavy atom. The Balaban J connectivity index is 1.96. The Morgan fingerprint density at radius 2 is 1.90 bits per heavy atom. The maximum absolute atomic E-state index is 10.2. The molecule has 2 rings (SSSR count). The fourth-order valence-corrected chi connectivity index (χ4v) is 3.83. The standard InChI is InChI=1S/C17H34N2O/c1-14(2)18-11-17(7-5-15(3)6-8-17)13-19-10-9-16(4,20)12-19/h14-15,18,20H,5-13H2,1-4H3. The number of nitrogens with zero attached hydrogens (tertiary/aromatic N) is 1. The molecular weight excluding hydrogens is 248 g/mol. The van der Waals surface area contributed by atoms with E-state index in [0.717, 1.165) is 38.5 Å². The van der Waals surface area contributed by atoms with Gasteiger partial charge in [-0.1, -0.05) is 33.6 Å².